The van der Waals surface area contributed by atoms with Gasteiger partial charge >= 0.3 is 0 Å². The third-order valence-corrected chi connectivity index (χ3v) is 0.866. The van der Waals surface area contributed by atoms with Gasteiger partial charge in [-0.2, -0.15) is 0 Å². The van der Waals surface area contributed by atoms with E-state index in [4.69, 9.17) is 28.0 Å². The Balaban J connectivity index is 0. The molecule has 0 aromatic heterocycles. The molecule has 1 aliphatic rings. The Morgan fingerprint density at radius 2 is 1.60 bits per heavy atom. The molecule has 0 radical (unpaired) electrons. The number of hydrogen-bond donors (Lipinski definition) is 0. The smallest absolute Gasteiger partial charge is 0.208 e. The van der Waals surface area contributed by atoms with E-state index in [1.54, 1.807) is 0 Å². The number of alkyl halides is 2. The lowest BCUT2D eigenvalue weighted by atomic mass is 10.5. The van der Waals surface area contributed by atoms with Crippen molar-refractivity contribution in [3.63, 3.8) is 0 Å². The molecule has 1 aliphatic carbocycles. The van der Waals surface area contributed by atoms with Gasteiger partial charge in [0.05, 0.1) is 5.34 Å². The van der Waals surface area contributed by atoms with Gasteiger partial charge in [-0.1, -0.05) is 19.8 Å². The first kappa shape index (κ1) is 13.2. The molecule has 62 valence electrons. The van der Waals surface area contributed by atoms with Gasteiger partial charge in [0.25, 0.3) is 0 Å². The maximum absolute atomic E-state index is 8.57. The summed E-state index contributed by atoms with van der Waals surface area (Å²) < 4.78 is 0. The van der Waals surface area contributed by atoms with Crippen molar-refractivity contribution in [2.75, 3.05) is 5.34 Å². The Kier molecular flexibility index (Phi) is 16.1. The summed E-state index contributed by atoms with van der Waals surface area (Å²) in [5.74, 6) is 1.31. The van der Waals surface area contributed by atoms with E-state index in [9.17, 15) is 0 Å². The van der Waals surface area contributed by atoms with Crippen molar-refractivity contribution < 1.29 is 4.79 Å². The highest BCUT2D eigenvalue weighted by Crippen LogP contribution is 2.26. The largest absolute Gasteiger partial charge is 0.285 e. The molecule has 0 unspecified atom stereocenters. The predicted molar refractivity (Wildman–Crippen MR) is 47.6 cm³/mol. The number of hydrogen-bond acceptors (Lipinski definition) is 1. The minimum atomic E-state index is 0.194. The fraction of sp³-hybridized carbons (Fsp3) is 0.833. The van der Waals surface area contributed by atoms with Crippen molar-refractivity contribution in [3.8, 4) is 0 Å². The van der Waals surface area contributed by atoms with E-state index < -0.39 is 0 Å². The molecule has 0 spiro atoms. The van der Waals surface area contributed by atoms with Crippen LogP contribution in [0, 0.1) is 5.92 Å². The van der Waals surface area contributed by atoms with Crippen LogP contribution >= 0.6 is 34.8 Å². The van der Waals surface area contributed by atoms with Crippen molar-refractivity contribution in [2.24, 2.45) is 5.92 Å². The predicted octanol–water partition coefficient (Wildman–Crippen LogP) is 3.25. The summed E-state index contributed by atoms with van der Waals surface area (Å²) in [5, 5.41) is 0.194. The molecule has 1 rings (SSSR count). The van der Waals surface area contributed by atoms with Crippen molar-refractivity contribution in [1.29, 1.82) is 0 Å². The Labute approximate surface area is 76.6 Å². The standard InChI is InChI=1S/C4H8.CH2Cl2.CHClO/c1-4-2-3-4;2*2-1-3/h4H,2-3H2,1H3;1H2;1H. The molecular weight excluding hydrogens is 194 g/mol. The van der Waals surface area contributed by atoms with Gasteiger partial charge < -0.3 is 0 Å². The highest BCUT2D eigenvalue weighted by Gasteiger charge is 2.12. The second-order valence-corrected chi connectivity index (χ2v) is 2.86. The van der Waals surface area contributed by atoms with Crippen LogP contribution in [0.15, 0.2) is 0 Å². The van der Waals surface area contributed by atoms with Crippen molar-refractivity contribution >= 4 is 40.5 Å². The van der Waals surface area contributed by atoms with Crippen LogP contribution in [0.1, 0.15) is 19.8 Å². The van der Waals surface area contributed by atoms with Crippen LogP contribution in [0.3, 0.4) is 0 Å². The first-order valence-corrected chi connectivity index (χ1v) is 4.39. The zero-order chi connectivity index (χ0) is 8.41. The highest BCUT2D eigenvalue weighted by molar-refractivity contribution is 6.54. The molecule has 0 N–H and O–H groups in total. The highest BCUT2D eigenvalue weighted by atomic mass is 35.5. The van der Waals surface area contributed by atoms with Gasteiger partial charge in [0.15, 0.2) is 0 Å². The molecule has 1 nitrogen and oxygen atoms in total. The monoisotopic (exact) mass is 204 g/mol. The van der Waals surface area contributed by atoms with E-state index in [0.29, 0.717) is 0 Å². The van der Waals surface area contributed by atoms with Crippen molar-refractivity contribution in [1.82, 2.24) is 0 Å². The third-order valence-electron chi connectivity index (χ3n) is 0.866. The molecular formula is C6H11Cl3O. The minimum absolute atomic E-state index is 0.194. The van der Waals surface area contributed by atoms with E-state index in [-0.39, 0.29) is 11.1 Å². The lowest BCUT2D eigenvalue weighted by Crippen LogP contribution is -1.42. The molecule has 0 bridgehead atoms. The van der Waals surface area contributed by atoms with E-state index in [2.05, 4.69) is 18.5 Å². The van der Waals surface area contributed by atoms with E-state index in [1.807, 2.05) is 0 Å². The molecule has 0 heterocycles. The second kappa shape index (κ2) is 12.2. The van der Waals surface area contributed by atoms with Gasteiger partial charge in [0.2, 0.25) is 5.75 Å². The fourth-order valence-corrected chi connectivity index (χ4v) is 0.167. The normalized spacial score (nSPS) is 13.6. The number of carbonyl (C=O) groups is 1. The Morgan fingerprint density at radius 3 is 1.60 bits per heavy atom. The lowest BCUT2D eigenvalue weighted by Gasteiger charge is -1.53. The zero-order valence-electron chi connectivity index (χ0n) is 5.82. The van der Waals surface area contributed by atoms with Crippen LogP contribution in [0.25, 0.3) is 0 Å². The summed E-state index contributed by atoms with van der Waals surface area (Å²) in [7, 11) is 0. The summed E-state index contributed by atoms with van der Waals surface area (Å²) >= 11 is 13.8. The molecule has 10 heavy (non-hydrogen) atoms. The average Bonchev–Trinajstić information content (AvgIpc) is 2.55. The van der Waals surface area contributed by atoms with Crippen LogP contribution < -0.4 is 0 Å². The van der Waals surface area contributed by atoms with Crippen LogP contribution in [0.4, 0.5) is 0 Å². The first-order chi connectivity index (χ1) is 4.72. The van der Waals surface area contributed by atoms with Crippen molar-refractivity contribution in [2.45, 2.75) is 19.8 Å². The Morgan fingerprint density at radius 1 is 1.50 bits per heavy atom. The number of halogens is 3. The average molecular weight is 206 g/mol. The first-order valence-electron chi connectivity index (χ1n) is 2.88. The Hall–Kier alpha value is 0.540. The fourth-order valence-electron chi connectivity index (χ4n) is 0.167. The Bertz CT molecular complexity index is 64.0. The summed E-state index contributed by atoms with van der Waals surface area (Å²) in [6.07, 6.45) is 2.97. The number of carbonyl (C=O) groups excluding carboxylic acids is 1. The molecule has 0 atom stereocenters. The van der Waals surface area contributed by atoms with E-state index in [1.165, 1.54) is 12.8 Å². The third kappa shape index (κ3) is 38.7. The zero-order valence-corrected chi connectivity index (χ0v) is 8.09. The van der Waals surface area contributed by atoms with Gasteiger partial charge in [-0.05, 0) is 17.5 Å². The van der Waals surface area contributed by atoms with Gasteiger partial charge in [-0.15, -0.1) is 23.2 Å². The molecule has 0 aromatic rings. The maximum atomic E-state index is 8.57. The molecule has 1 saturated carbocycles. The molecule has 1 fully saturated rings. The molecule has 4 heteroatoms. The lowest BCUT2D eigenvalue weighted by molar-refractivity contribution is 0.569. The van der Waals surface area contributed by atoms with Crippen LogP contribution in [0.2, 0.25) is 0 Å². The van der Waals surface area contributed by atoms with Crippen LogP contribution in [-0.4, -0.2) is 11.1 Å². The van der Waals surface area contributed by atoms with Gasteiger partial charge in [-0.3, -0.25) is 4.79 Å². The maximum Gasteiger partial charge on any atom is 0.208 e. The summed E-state index contributed by atoms with van der Waals surface area (Å²) in [4.78, 5) is 8.57. The minimum Gasteiger partial charge on any atom is -0.285 e. The molecule has 0 amide bonds. The number of rotatable bonds is 0. The van der Waals surface area contributed by atoms with E-state index in [0.717, 1.165) is 5.92 Å². The summed E-state index contributed by atoms with van der Waals surface area (Å²) in [6, 6.07) is 0. The van der Waals surface area contributed by atoms with E-state index >= 15 is 0 Å². The van der Waals surface area contributed by atoms with Gasteiger partial charge in [0, 0.05) is 0 Å². The topological polar surface area (TPSA) is 17.1 Å². The quantitative estimate of drug-likeness (QED) is 0.337. The SMILES string of the molecule is CC1CC1.ClCCl.O=CCl. The second-order valence-electron chi connectivity index (χ2n) is 1.87. The van der Waals surface area contributed by atoms with Crippen LogP contribution in [0.5, 0.6) is 0 Å². The summed E-state index contributed by atoms with van der Waals surface area (Å²) in [5.41, 5.74) is 0. The summed E-state index contributed by atoms with van der Waals surface area (Å²) in [6.45, 7) is 2.28. The molecule has 0 aliphatic heterocycles. The van der Waals surface area contributed by atoms with Gasteiger partial charge in [-0.25, -0.2) is 0 Å². The molecule has 0 aromatic carbocycles. The van der Waals surface area contributed by atoms with Crippen LogP contribution in [-0.2, 0) is 4.79 Å². The molecule has 0 saturated heterocycles. The van der Waals surface area contributed by atoms with Gasteiger partial charge in [0.1, 0.15) is 0 Å². The van der Waals surface area contributed by atoms with Crippen molar-refractivity contribution in [3.05, 3.63) is 0 Å².